The first-order chi connectivity index (χ1) is 9.68. The summed E-state index contributed by atoms with van der Waals surface area (Å²) in [7, 11) is 3.15. The van der Waals surface area contributed by atoms with Crippen molar-refractivity contribution >= 4 is 5.82 Å². The molecule has 0 saturated heterocycles. The predicted octanol–water partition coefficient (Wildman–Crippen LogP) is 2.48. The van der Waals surface area contributed by atoms with E-state index in [4.69, 9.17) is 0 Å². The van der Waals surface area contributed by atoms with Gasteiger partial charge in [-0.1, -0.05) is 0 Å². The molecule has 5 nitrogen and oxygen atoms in total. The van der Waals surface area contributed by atoms with E-state index in [1.54, 1.807) is 32.0 Å². The van der Waals surface area contributed by atoms with Crippen molar-refractivity contribution < 1.29 is 13.2 Å². The van der Waals surface area contributed by atoms with Crippen LogP contribution in [0.15, 0.2) is 12.4 Å². The van der Waals surface area contributed by atoms with Gasteiger partial charge >= 0.3 is 6.18 Å². The summed E-state index contributed by atoms with van der Waals surface area (Å²) in [4.78, 5) is 10.1. The largest absolute Gasteiger partial charge is 0.435 e. The second kappa shape index (κ2) is 5.34. The van der Waals surface area contributed by atoms with Crippen molar-refractivity contribution in [1.29, 1.82) is 0 Å². The average Bonchev–Trinajstić information content (AvgIpc) is 2.73. The Morgan fingerprint density at radius 3 is 2.57 bits per heavy atom. The van der Waals surface area contributed by atoms with E-state index in [2.05, 4.69) is 15.1 Å². The van der Waals surface area contributed by atoms with Gasteiger partial charge in [-0.15, -0.1) is 0 Å². The normalized spacial score (nSPS) is 11.8. The quantitative estimate of drug-likeness (QED) is 0.873. The number of alkyl halides is 3. The van der Waals surface area contributed by atoms with Crippen LogP contribution in [0.2, 0.25) is 0 Å². The van der Waals surface area contributed by atoms with Crippen molar-refractivity contribution in [3.05, 3.63) is 35.0 Å². The summed E-state index contributed by atoms with van der Waals surface area (Å²) in [6.45, 7) is 3.61. The lowest BCUT2D eigenvalue weighted by atomic mass is 10.2. The highest BCUT2D eigenvalue weighted by atomic mass is 19.4. The number of aromatic nitrogens is 4. The van der Waals surface area contributed by atoms with Gasteiger partial charge in [-0.3, -0.25) is 9.67 Å². The summed E-state index contributed by atoms with van der Waals surface area (Å²) in [6, 6.07) is 0. The van der Waals surface area contributed by atoms with Gasteiger partial charge in [0, 0.05) is 38.6 Å². The fourth-order valence-electron chi connectivity index (χ4n) is 2.11. The van der Waals surface area contributed by atoms with Gasteiger partial charge in [0.1, 0.15) is 5.82 Å². The molecule has 21 heavy (non-hydrogen) atoms. The van der Waals surface area contributed by atoms with E-state index in [-0.39, 0.29) is 12.1 Å². The van der Waals surface area contributed by atoms with Gasteiger partial charge in [0.2, 0.25) is 0 Å². The number of hydrogen-bond acceptors (Lipinski definition) is 4. The van der Waals surface area contributed by atoms with E-state index in [1.807, 2.05) is 0 Å². The van der Waals surface area contributed by atoms with Crippen molar-refractivity contribution in [1.82, 2.24) is 19.7 Å². The summed E-state index contributed by atoms with van der Waals surface area (Å²) in [5.41, 5.74) is 0.621. The van der Waals surface area contributed by atoms with E-state index < -0.39 is 11.9 Å². The van der Waals surface area contributed by atoms with Gasteiger partial charge in [0.15, 0.2) is 5.69 Å². The van der Waals surface area contributed by atoms with Crippen molar-refractivity contribution in [3.63, 3.8) is 0 Å². The van der Waals surface area contributed by atoms with Crippen molar-refractivity contribution in [2.24, 2.45) is 7.05 Å². The Bertz CT molecular complexity index is 648. The van der Waals surface area contributed by atoms with Crippen molar-refractivity contribution in [2.75, 3.05) is 11.9 Å². The first-order valence-electron chi connectivity index (χ1n) is 6.29. The molecule has 2 aromatic rings. The number of nitrogens with zero attached hydrogens (tertiary/aromatic N) is 5. The molecule has 0 N–H and O–H groups in total. The van der Waals surface area contributed by atoms with Crippen LogP contribution in [0, 0.1) is 13.8 Å². The second-order valence-corrected chi connectivity index (χ2v) is 4.95. The summed E-state index contributed by atoms with van der Waals surface area (Å²) >= 11 is 0. The van der Waals surface area contributed by atoms with Crippen molar-refractivity contribution in [3.8, 4) is 0 Å². The molecule has 0 aliphatic rings. The summed E-state index contributed by atoms with van der Waals surface area (Å²) in [5.74, 6) is 0.562. The minimum Gasteiger partial charge on any atom is -0.354 e. The number of hydrogen-bond donors (Lipinski definition) is 0. The van der Waals surface area contributed by atoms with Gasteiger partial charge in [0.25, 0.3) is 0 Å². The molecule has 114 valence electrons. The maximum Gasteiger partial charge on any atom is 0.435 e. The Labute approximate surface area is 120 Å². The lowest BCUT2D eigenvalue weighted by Crippen LogP contribution is -2.21. The molecule has 2 aromatic heterocycles. The molecular formula is C13H16F3N5. The van der Waals surface area contributed by atoms with Gasteiger partial charge < -0.3 is 4.90 Å². The molecule has 0 fully saturated rings. The highest BCUT2D eigenvalue weighted by Crippen LogP contribution is 2.31. The SMILES string of the molecule is Cc1cnc(C)c(N(C)Cc2cn(C)nc2C(F)(F)F)n1. The van der Waals surface area contributed by atoms with Gasteiger partial charge in [-0.2, -0.15) is 18.3 Å². The monoisotopic (exact) mass is 299 g/mol. The smallest absolute Gasteiger partial charge is 0.354 e. The Morgan fingerprint density at radius 1 is 1.29 bits per heavy atom. The second-order valence-electron chi connectivity index (χ2n) is 4.95. The molecule has 0 radical (unpaired) electrons. The first kappa shape index (κ1) is 15.3. The van der Waals surface area contributed by atoms with Crippen LogP contribution < -0.4 is 4.90 Å². The third kappa shape index (κ3) is 3.32. The van der Waals surface area contributed by atoms with E-state index in [1.165, 1.54) is 17.9 Å². The molecule has 0 atom stereocenters. The van der Waals surface area contributed by atoms with Crippen LogP contribution in [-0.2, 0) is 19.8 Å². The number of anilines is 1. The molecule has 2 heterocycles. The Balaban J connectivity index is 2.32. The fraction of sp³-hybridized carbons (Fsp3) is 0.462. The van der Waals surface area contributed by atoms with Crippen LogP contribution in [0.5, 0.6) is 0 Å². The van der Waals surface area contributed by atoms with Crippen LogP contribution in [0.1, 0.15) is 22.6 Å². The third-order valence-corrected chi connectivity index (χ3v) is 2.99. The standard InChI is InChI=1S/C13H16F3N5/c1-8-5-17-9(2)12(18-8)20(3)6-10-7-21(4)19-11(10)13(14,15)16/h5,7H,6H2,1-4H3. The number of rotatable bonds is 3. The van der Waals surface area contributed by atoms with Crippen LogP contribution in [-0.4, -0.2) is 26.8 Å². The van der Waals surface area contributed by atoms with Crippen LogP contribution >= 0.6 is 0 Å². The van der Waals surface area contributed by atoms with Crippen LogP contribution in [0.3, 0.4) is 0 Å². The van der Waals surface area contributed by atoms with E-state index in [0.29, 0.717) is 17.2 Å². The van der Waals surface area contributed by atoms with E-state index in [9.17, 15) is 13.2 Å². The molecule has 0 aliphatic carbocycles. The Kier molecular flexibility index (Phi) is 3.89. The Morgan fingerprint density at radius 2 is 1.95 bits per heavy atom. The zero-order valence-electron chi connectivity index (χ0n) is 12.2. The fourth-order valence-corrected chi connectivity index (χ4v) is 2.11. The molecule has 2 rings (SSSR count). The average molecular weight is 299 g/mol. The molecule has 0 aliphatic heterocycles. The predicted molar refractivity (Wildman–Crippen MR) is 71.8 cm³/mol. The van der Waals surface area contributed by atoms with Gasteiger partial charge in [-0.05, 0) is 13.8 Å². The minimum absolute atomic E-state index is 0.0572. The molecule has 0 amide bonds. The minimum atomic E-state index is -4.47. The Hall–Kier alpha value is -2.12. The van der Waals surface area contributed by atoms with Crippen molar-refractivity contribution in [2.45, 2.75) is 26.6 Å². The molecule has 0 bridgehead atoms. The third-order valence-electron chi connectivity index (χ3n) is 2.99. The zero-order valence-corrected chi connectivity index (χ0v) is 12.2. The molecule has 0 unspecified atom stereocenters. The molecule has 8 heteroatoms. The molecular weight excluding hydrogens is 283 g/mol. The number of aryl methyl sites for hydroxylation is 3. The van der Waals surface area contributed by atoms with Crippen LogP contribution in [0.4, 0.5) is 19.0 Å². The topological polar surface area (TPSA) is 46.8 Å². The maximum absolute atomic E-state index is 12.9. The van der Waals surface area contributed by atoms with E-state index >= 15 is 0 Å². The van der Waals surface area contributed by atoms with Gasteiger partial charge in [-0.25, -0.2) is 4.98 Å². The van der Waals surface area contributed by atoms with E-state index in [0.717, 1.165) is 0 Å². The number of halogens is 3. The highest BCUT2D eigenvalue weighted by molar-refractivity contribution is 5.43. The lowest BCUT2D eigenvalue weighted by Gasteiger charge is -2.20. The summed E-state index contributed by atoms with van der Waals surface area (Å²) in [5, 5.41) is 3.50. The van der Waals surface area contributed by atoms with Crippen LogP contribution in [0.25, 0.3) is 0 Å². The summed E-state index contributed by atoms with van der Waals surface area (Å²) < 4.78 is 40.0. The molecule has 0 aromatic carbocycles. The summed E-state index contributed by atoms with van der Waals surface area (Å²) in [6.07, 6.45) is -1.47. The lowest BCUT2D eigenvalue weighted by molar-refractivity contribution is -0.142. The molecule has 0 saturated carbocycles. The van der Waals surface area contributed by atoms with Gasteiger partial charge in [0.05, 0.1) is 11.4 Å². The first-order valence-corrected chi connectivity index (χ1v) is 6.29. The maximum atomic E-state index is 12.9. The highest BCUT2D eigenvalue weighted by Gasteiger charge is 2.37. The molecule has 0 spiro atoms. The zero-order chi connectivity index (χ0) is 15.8.